The standard InChI is InChI=1S/C14H15BrN2O2S/c1-9-7-14(12(15)8-13(9)16)17-10-3-5-11(6-4-10)20(2,18)19/h3-8,17H,16H2,1-2H3. The molecule has 0 saturated heterocycles. The molecular formula is C14H15BrN2O2S. The van der Waals surface area contributed by atoms with Crippen LogP contribution in [-0.4, -0.2) is 14.7 Å². The average Bonchev–Trinajstić information content (AvgIpc) is 2.35. The van der Waals surface area contributed by atoms with Crippen LogP contribution in [-0.2, 0) is 9.84 Å². The smallest absolute Gasteiger partial charge is 0.175 e. The van der Waals surface area contributed by atoms with Gasteiger partial charge in [0.05, 0.1) is 10.6 Å². The molecule has 0 bridgehead atoms. The summed E-state index contributed by atoms with van der Waals surface area (Å²) in [5, 5.41) is 3.22. The summed E-state index contributed by atoms with van der Waals surface area (Å²) in [4.78, 5) is 0.301. The van der Waals surface area contributed by atoms with Crippen LogP contribution in [0.5, 0.6) is 0 Å². The maximum atomic E-state index is 11.4. The molecule has 0 aliphatic rings. The van der Waals surface area contributed by atoms with E-state index in [-0.39, 0.29) is 0 Å². The van der Waals surface area contributed by atoms with Crippen LogP contribution in [0.15, 0.2) is 45.8 Å². The van der Waals surface area contributed by atoms with Gasteiger partial charge >= 0.3 is 0 Å². The molecule has 106 valence electrons. The number of sulfone groups is 1. The predicted octanol–water partition coefficient (Wildman–Crippen LogP) is 3.49. The van der Waals surface area contributed by atoms with E-state index in [1.54, 1.807) is 24.3 Å². The molecule has 0 fully saturated rings. The van der Waals surface area contributed by atoms with Gasteiger partial charge in [-0.05, 0) is 64.8 Å². The van der Waals surface area contributed by atoms with Gasteiger partial charge in [-0.25, -0.2) is 8.42 Å². The molecule has 2 aromatic rings. The number of anilines is 3. The molecule has 0 aliphatic carbocycles. The van der Waals surface area contributed by atoms with Gasteiger partial charge < -0.3 is 11.1 Å². The van der Waals surface area contributed by atoms with Gasteiger partial charge in [0.1, 0.15) is 0 Å². The van der Waals surface area contributed by atoms with Crippen LogP contribution in [0.25, 0.3) is 0 Å². The summed E-state index contributed by atoms with van der Waals surface area (Å²) in [5.41, 5.74) is 9.21. The maximum absolute atomic E-state index is 11.4. The second-order valence-electron chi connectivity index (χ2n) is 4.61. The van der Waals surface area contributed by atoms with E-state index >= 15 is 0 Å². The second-order valence-corrected chi connectivity index (χ2v) is 7.48. The van der Waals surface area contributed by atoms with Crippen molar-refractivity contribution in [1.82, 2.24) is 0 Å². The maximum Gasteiger partial charge on any atom is 0.175 e. The first kappa shape index (κ1) is 14.9. The number of nitrogen functional groups attached to an aromatic ring is 1. The molecule has 0 saturated carbocycles. The molecule has 0 amide bonds. The third-order valence-electron chi connectivity index (χ3n) is 2.92. The summed E-state index contributed by atoms with van der Waals surface area (Å²) in [6.07, 6.45) is 1.19. The highest BCUT2D eigenvalue weighted by atomic mass is 79.9. The largest absolute Gasteiger partial charge is 0.398 e. The van der Waals surface area contributed by atoms with E-state index < -0.39 is 9.84 Å². The van der Waals surface area contributed by atoms with Crippen molar-refractivity contribution >= 4 is 42.8 Å². The van der Waals surface area contributed by atoms with Crippen LogP contribution < -0.4 is 11.1 Å². The zero-order chi connectivity index (χ0) is 14.9. The molecule has 0 unspecified atom stereocenters. The Morgan fingerprint density at radius 1 is 1.15 bits per heavy atom. The lowest BCUT2D eigenvalue weighted by Crippen LogP contribution is -1.98. The van der Waals surface area contributed by atoms with Gasteiger partial charge in [0.15, 0.2) is 9.84 Å². The molecule has 0 radical (unpaired) electrons. The van der Waals surface area contributed by atoms with E-state index in [1.807, 2.05) is 19.1 Å². The Morgan fingerprint density at radius 3 is 2.30 bits per heavy atom. The highest BCUT2D eigenvalue weighted by Gasteiger charge is 2.07. The van der Waals surface area contributed by atoms with Gasteiger partial charge in [-0.2, -0.15) is 0 Å². The van der Waals surface area contributed by atoms with Crippen molar-refractivity contribution in [2.24, 2.45) is 0 Å². The normalized spacial score (nSPS) is 11.3. The van der Waals surface area contributed by atoms with Gasteiger partial charge in [0.2, 0.25) is 0 Å². The van der Waals surface area contributed by atoms with E-state index in [2.05, 4.69) is 21.2 Å². The number of aryl methyl sites for hydroxylation is 1. The molecule has 2 aromatic carbocycles. The van der Waals surface area contributed by atoms with Crippen LogP contribution >= 0.6 is 15.9 Å². The zero-order valence-corrected chi connectivity index (χ0v) is 13.5. The van der Waals surface area contributed by atoms with Gasteiger partial charge in [0.25, 0.3) is 0 Å². The average molecular weight is 355 g/mol. The number of hydrogen-bond acceptors (Lipinski definition) is 4. The van der Waals surface area contributed by atoms with Crippen LogP contribution in [0, 0.1) is 6.92 Å². The fourth-order valence-corrected chi connectivity index (χ4v) is 2.82. The summed E-state index contributed by atoms with van der Waals surface area (Å²) < 4.78 is 23.6. The summed E-state index contributed by atoms with van der Waals surface area (Å²) in [6, 6.07) is 10.4. The van der Waals surface area contributed by atoms with Gasteiger partial charge in [0, 0.05) is 22.1 Å². The number of nitrogens with one attached hydrogen (secondary N) is 1. The van der Waals surface area contributed by atoms with Crippen LogP contribution in [0.4, 0.5) is 17.1 Å². The second kappa shape index (κ2) is 5.46. The van der Waals surface area contributed by atoms with Crippen molar-refractivity contribution in [2.75, 3.05) is 17.3 Å². The third kappa shape index (κ3) is 3.32. The quantitative estimate of drug-likeness (QED) is 0.827. The molecule has 4 nitrogen and oxygen atoms in total. The number of halogens is 1. The third-order valence-corrected chi connectivity index (χ3v) is 4.70. The van der Waals surface area contributed by atoms with E-state index in [0.29, 0.717) is 4.90 Å². The zero-order valence-electron chi connectivity index (χ0n) is 11.1. The van der Waals surface area contributed by atoms with E-state index in [4.69, 9.17) is 5.73 Å². The Labute approximate surface area is 127 Å². The Kier molecular flexibility index (Phi) is 4.06. The fourth-order valence-electron chi connectivity index (χ4n) is 1.73. The monoisotopic (exact) mass is 354 g/mol. The number of nitrogens with two attached hydrogens (primary N) is 1. The number of benzene rings is 2. The molecule has 0 spiro atoms. The van der Waals surface area contributed by atoms with Gasteiger partial charge in [-0.3, -0.25) is 0 Å². The van der Waals surface area contributed by atoms with E-state index in [0.717, 1.165) is 27.1 Å². The minimum Gasteiger partial charge on any atom is -0.398 e. The lowest BCUT2D eigenvalue weighted by atomic mass is 10.2. The van der Waals surface area contributed by atoms with E-state index in [9.17, 15) is 8.42 Å². The SMILES string of the molecule is Cc1cc(Nc2ccc(S(C)(=O)=O)cc2)c(Br)cc1N. The molecule has 6 heteroatoms. The first-order valence-corrected chi connectivity index (χ1v) is 8.58. The first-order chi connectivity index (χ1) is 9.27. The van der Waals surface area contributed by atoms with E-state index in [1.165, 1.54) is 6.26 Å². The number of rotatable bonds is 3. The topological polar surface area (TPSA) is 72.2 Å². The highest BCUT2D eigenvalue weighted by Crippen LogP contribution is 2.30. The summed E-state index contributed by atoms with van der Waals surface area (Å²) >= 11 is 3.45. The first-order valence-electron chi connectivity index (χ1n) is 5.90. The van der Waals surface area contributed by atoms with Crippen LogP contribution in [0.2, 0.25) is 0 Å². The Hall–Kier alpha value is -1.53. The van der Waals surface area contributed by atoms with Crippen molar-refractivity contribution in [1.29, 1.82) is 0 Å². The molecule has 0 aliphatic heterocycles. The summed E-state index contributed by atoms with van der Waals surface area (Å²) in [7, 11) is -3.17. The predicted molar refractivity (Wildman–Crippen MR) is 86.1 cm³/mol. The Morgan fingerprint density at radius 2 is 1.75 bits per heavy atom. The fraction of sp³-hybridized carbons (Fsp3) is 0.143. The molecular weight excluding hydrogens is 340 g/mol. The molecule has 0 atom stereocenters. The van der Waals surface area contributed by atoms with Crippen molar-refractivity contribution < 1.29 is 8.42 Å². The van der Waals surface area contributed by atoms with Crippen molar-refractivity contribution in [3.05, 3.63) is 46.4 Å². The molecule has 0 heterocycles. The highest BCUT2D eigenvalue weighted by molar-refractivity contribution is 9.10. The Bertz CT molecular complexity index is 741. The summed E-state index contributed by atoms with van der Waals surface area (Å²) in [5.74, 6) is 0. The summed E-state index contributed by atoms with van der Waals surface area (Å²) in [6.45, 7) is 1.93. The minimum atomic E-state index is -3.17. The molecule has 3 N–H and O–H groups in total. The molecule has 20 heavy (non-hydrogen) atoms. The van der Waals surface area contributed by atoms with Gasteiger partial charge in [-0.15, -0.1) is 0 Å². The van der Waals surface area contributed by atoms with Gasteiger partial charge in [-0.1, -0.05) is 0 Å². The van der Waals surface area contributed by atoms with Crippen LogP contribution in [0.1, 0.15) is 5.56 Å². The minimum absolute atomic E-state index is 0.301. The van der Waals surface area contributed by atoms with Crippen LogP contribution in [0.3, 0.4) is 0 Å². The molecule has 0 aromatic heterocycles. The molecule has 2 rings (SSSR count). The van der Waals surface area contributed by atoms with Crippen molar-refractivity contribution in [2.45, 2.75) is 11.8 Å². The Balaban J connectivity index is 2.29. The lowest BCUT2D eigenvalue weighted by molar-refractivity contribution is 0.602. The van der Waals surface area contributed by atoms with Crippen molar-refractivity contribution in [3.8, 4) is 0 Å². The number of hydrogen-bond donors (Lipinski definition) is 2. The van der Waals surface area contributed by atoms with Crippen molar-refractivity contribution in [3.63, 3.8) is 0 Å². The lowest BCUT2D eigenvalue weighted by Gasteiger charge is -2.11.